The molecule has 0 radical (unpaired) electrons. The molecular weight excluding hydrogens is 593 g/mol. The van der Waals surface area contributed by atoms with Crippen LogP contribution in [0, 0.1) is 0 Å². The maximum absolute atomic E-state index is 5.54. The van der Waals surface area contributed by atoms with Crippen molar-refractivity contribution in [3.05, 3.63) is 203 Å². The molecule has 0 saturated carbocycles. The summed E-state index contributed by atoms with van der Waals surface area (Å²) < 4.78 is 0. The van der Waals surface area contributed by atoms with E-state index in [1.807, 2.05) is 12.1 Å². The Balaban J connectivity index is 0.000000210. The molecule has 8 aromatic carbocycles. The molecule has 238 valence electrons. The fourth-order valence-electron chi connectivity index (χ4n) is 8.37. The number of benzene rings is 8. The first-order valence-electron chi connectivity index (χ1n) is 17.2. The molecule has 0 fully saturated rings. The average molecular weight is 633 g/mol. The molecule has 0 aliphatic heterocycles. The Morgan fingerprint density at radius 2 is 1.00 bits per heavy atom. The van der Waals surface area contributed by atoms with Crippen LogP contribution >= 0.6 is 0 Å². The minimum absolute atomic E-state index is 0.277. The van der Waals surface area contributed by atoms with Gasteiger partial charge in [-0.3, -0.25) is 0 Å². The first kappa shape index (κ1) is 30.8. The summed E-state index contributed by atoms with van der Waals surface area (Å²) in [5.74, 6) is 0.331. The molecule has 2 heteroatoms. The predicted molar refractivity (Wildman–Crippen MR) is 208 cm³/mol. The van der Waals surface area contributed by atoms with Crippen molar-refractivity contribution in [2.75, 3.05) is 7.05 Å². The molecule has 0 bridgehead atoms. The summed E-state index contributed by atoms with van der Waals surface area (Å²) in [5.41, 5.74) is 22.1. The highest BCUT2D eigenvalue weighted by Gasteiger charge is 2.50. The number of hydrogen-bond acceptors (Lipinski definition) is 2. The monoisotopic (exact) mass is 632 g/mol. The van der Waals surface area contributed by atoms with Crippen molar-refractivity contribution in [3.63, 3.8) is 0 Å². The number of nitrogens with two attached hydrogens (primary N) is 2. The maximum atomic E-state index is 5.54. The Morgan fingerprint density at radius 1 is 0.449 bits per heavy atom. The van der Waals surface area contributed by atoms with Crippen molar-refractivity contribution >= 4 is 32.3 Å². The lowest BCUT2D eigenvalue weighted by Gasteiger charge is -2.31. The largest absolute Gasteiger partial charge is 0.333 e. The second kappa shape index (κ2) is 12.5. The van der Waals surface area contributed by atoms with Crippen LogP contribution in [-0.2, 0) is 12.0 Å². The second-order valence-electron chi connectivity index (χ2n) is 13.0. The minimum Gasteiger partial charge on any atom is -0.333 e. The molecule has 0 amide bonds. The van der Waals surface area contributed by atoms with Crippen molar-refractivity contribution in [3.8, 4) is 11.1 Å². The lowest BCUT2D eigenvalue weighted by Crippen LogP contribution is -2.26. The molecule has 0 saturated heterocycles. The highest BCUT2D eigenvalue weighted by molar-refractivity contribution is 6.17. The van der Waals surface area contributed by atoms with Gasteiger partial charge in [-0.25, -0.2) is 0 Å². The van der Waals surface area contributed by atoms with Gasteiger partial charge in [-0.1, -0.05) is 165 Å². The highest BCUT2D eigenvalue weighted by Crippen LogP contribution is 2.62. The number of rotatable bonds is 3. The van der Waals surface area contributed by atoms with E-state index in [1.165, 1.54) is 89.4 Å². The molecule has 2 aliphatic carbocycles. The molecule has 1 spiro atoms. The van der Waals surface area contributed by atoms with Crippen molar-refractivity contribution in [1.29, 1.82) is 0 Å². The van der Waals surface area contributed by atoms with Gasteiger partial charge in [-0.15, -0.1) is 0 Å². The van der Waals surface area contributed by atoms with E-state index < -0.39 is 0 Å². The SMILES string of the molecule is CC(c1ccccc1)c1ccc2c(c1)C1(c3ccccc3-2)c2cccc3ccc4cccc1c4c23.CN.NCc1ccc2ccccc2c1. The summed E-state index contributed by atoms with van der Waals surface area (Å²) in [4.78, 5) is 0. The van der Waals surface area contributed by atoms with E-state index in [0.29, 0.717) is 12.5 Å². The van der Waals surface area contributed by atoms with Crippen LogP contribution in [0.5, 0.6) is 0 Å². The third-order valence-corrected chi connectivity index (χ3v) is 10.6. The minimum atomic E-state index is -0.277. The second-order valence-corrected chi connectivity index (χ2v) is 13.0. The molecular formula is C47H40N2. The van der Waals surface area contributed by atoms with Crippen LogP contribution < -0.4 is 11.5 Å². The molecule has 0 aromatic heterocycles. The molecule has 49 heavy (non-hydrogen) atoms. The van der Waals surface area contributed by atoms with E-state index in [2.05, 4.69) is 164 Å². The number of hydrogen-bond donors (Lipinski definition) is 2. The van der Waals surface area contributed by atoms with Gasteiger partial charge in [0.25, 0.3) is 0 Å². The van der Waals surface area contributed by atoms with Crippen LogP contribution in [0.3, 0.4) is 0 Å². The van der Waals surface area contributed by atoms with Gasteiger partial charge < -0.3 is 11.5 Å². The van der Waals surface area contributed by atoms with Crippen LogP contribution in [0.4, 0.5) is 0 Å². The van der Waals surface area contributed by atoms with Gasteiger partial charge in [0.15, 0.2) is 0 Å². The summed E-state index contributed by atoms with van der Waals surface area (Å²) in [6.07, 6.45) is 0. The van der Waals surface area contributed by atoms with E-state index in [1.54, 1.807) is 0 Å². The Hall–Kier alpha value is -5.54. The topological polar surface area (TPSA) is 52.0 Å². The summed E-state index contributed by atoms with van der Waals surface area (Å²) in [6.45, 7) is 2.95. The average Bonchev–Trinajstić information content (AvgIpc) is 3.66. The zero-order chi connectivity index (χ0) is 33.5. The van der Waals surface area contributed by atoms with E-state index in [0.717, 1.165) is 0 Å². The fraction of sp³-hybridized carbons (Fsp3) is 0.106. The molecule has 4 N–H and O–H groups in total. The maximum Gasteiger partial charge on any atom is 0.0726 e. The molecule has 0 heterocycles. The summed E-state index contributed by atoms with van der Waals surface area (Å²) in [6, 6.07) is 60.2. The van der Waals surface area contributed by atoms with Crippen LogP contribution in [0.1, 0.15) is 51.8 Å². The third-order valence-electron chi connectivity index (χ3n) is 10.6. The van der Waals surface area contributed by atoms with Gasteiger partial charge >= 0.3 is 0 Å². The predicted octanol–water partition coefficient (Wildman–Crippen LogP) is 10.7. The number of fused-ring (bicyclic) bond motifs is 8. The fourth-order valence-corrected chi connectivity index (χ4v) is 8.37. The van der Waals surface area contributed by atoms with Gasteiger partial charge in [0.05, 0.1) is 5.41 Å². The summed E-state index contributed by atoms with van der Waals surface area (Å²) in [5, 5.41) is 8.04. The van der Waals surface area contributed by atoms with Crippen molar-refractivity contribution in [1.82, 2.24) is 0 Å². The first-order valence-corrected chi connectivity index (χ1v) is 17.2. The molecule has 2 nitrogen and oxygen atoms in total. The van der Waals surface area contributed by atoms with Gasteiger partial charge in [0.2, 0.25) is 0 Å². The lowest BCUT2D eigenvalue weighted by atomic mass is 9.69. The molecule has 1 atom stereocenters. The van der Waals surface area contributed by atoms with E-state index in [4.69, 9.17) is 5.73 Å². The van der Waals surface area contributed by atoms with Crippen molar-refractivity contribution < 1.29 is 0 Å². The van der Waals surface area contributed by atoms with E-state index in [9.17, 15) is 0 Å². The van der Waals surface area contributed by atoms with Gasteiger partial charge in [-0.2, -0.15) is 0 Å². The smallest absolute Gasteiger partial charge is 0.0726 e. The van der Waals surface area contributed by atoms with E-state index in [-0.39, 0.29) is 5.41 Å². The quantitative estimate of drug-likeness (QED) is 0.190. The van der Waals surface area contributed by atoms with Gasteiger partial charge in [0, 0.05) is 12.5 Å². The van der Waals surface area contributed by atoms with Gasteiger partial charge in [-0.05, 0) is 95.5 Å². The van der Waals surface area contributed by atoms with E-state index >= 15 is 0 Å². The molecule has 8 aromatic rings. The lowest BCUT2D eigenvalue weighted by molar-refractivity contribution is 0.791. The van der Waals surface area contributed by atoms with Crippen LogP contribution in [-0.4, -0.2) is 7.05 Å². The van der Waals surface area contributed by atoms with Crippen LogP contribution in [0.2, 0.25) is 0 Å². The third kappa shape index (κ3) is 4.71. The Morgan fingerprint density at radius 3 is 1.69 bits per heavy atom. The zero-order valence-electron chi connectivity index (χ0n) is 28.0. The van der Waals surface area contributed by atoms with Crippen molar-refractivity contribution in [2.24, 2.45) is 11.5 Å². The molecule has 2 aliphatic rings. The summed E-state index contributed by atoms with van der Waals surface area (Å²) in [7, 11) is 1.50. The summed E-state index contributed by atoms with van der Waals surface area (Å²) >= 11 is 0. The highest BCUT2D eigenvalue weighted by atomic mass is 14.5. The Kier molecular flexibility index (Phi) is 7.84. The standard InChI is InChI=1S/C35H24.C11H11N.CH5N/c1-22(23-9-3-2-4-10-23)26-19-20-28-27-13-5-6-14-29(27)35(32(28)21-26)30-15-7-11-24-17-18-25-12-8-16-31(35)34(25)33(24)30;12-8-9-5-6-10-3-1-2-4-11(10)7-9;1-2/h2-22H,1H3;1-7H,8,12H2;2H2,1H3. The Bertz CT molecular complexity index is 2410. The molecule has 1 unspecified atom stereocenters. The Labute approximate surface area is 288 Å². The first-order chi connectivity index (χ1) is 24.2. The molecule has 10 rings (SSSR count). The van der Waals surface area contributed by atoms with Crippen molar-refractivity contribution in [2.45, 2.75) is 24.8 Å². The van der Waals surface area contributed by atoms with Crippen LogP contribution in [0.15, 0.2) is 164 Å². The van der Waals surface area contributed by atoms with Gasteiger partial charge in [0.1, 0.15) is 0 Å². The normalized spacial score (nSPS) is 13.5. The van der Waals surface area contributed by atoms with Crippen LogP contribution in [0.25, 0.3) is 43.4 Å². The zero-order valence-corrected chi connectivity index (χ0v) is 28.0.